The zero-order valence-electron chi connectivity index (χ0n) is 19.0. The molecule has 6 heteroatoms. The van der Waals surface area contributed by atoms with Gasteiger partial charge in [-0.3, -0.25) is 9.59 Å². The highest BCUT2D eigenvalue weighted by atomic mass is 16.5. The summed E-state index contributed by atoms with van der Waals surface area (Å²) < 4.78 is 7.40. The minimum atomic E-state index is -0.507. The van der Waals surface area contributed by atoms with E-state index in [1.165, 1.54) is 7.11 Å². The van der Waals surface area contributed by atoms with E-state index in [9.17, 15) is 9.59 Å². The van der Waals surface area contributed by atoms with Crippen molar-refractivity contribution in [2.75, 3.05) is 17.7 Å². The largest absolute Gasteiger partial charge is 0.496 e. The lowest BCUT2D eigenvalue weighted by molar-refractivity contribution is 0.0966. The molecule has 0 radical (unpaired) electrons. The molecule has 6 nitrogen and oxygen atoms in total. The predicted octanol–water partition coefficient (Wildman–Crippen LogP) is 5.46. The number of methoxy groups -OCH3 is 1. The van der Waals surface area contributed by atoms with E-state index in [1.54, 1.807) is 30.3 Å². The van der Waals surface area contributed by atoms with Crippen molar-refractivity contribution < 1.29 is 14.3 Å². The number of carbonyl (C=O) groups is 2. The molecule has 0 saturated carbocycles. The molecule has 0 spiro atoms. The van der Waals surface area contributed by atoms with Crippen LogP contribution in [0.15, 0.2) is 85.1 Å². The van der Waals surface area contributed by atoms with E-state index >= 15 is 0 Å². The standard InChI is InChI=1S/C28H25N3O3/c1-18-16-19(13-14-22(18)30-28(33)21-9-4-6-12-25(21)34-2)27(32)26-24-11-7-15-31(24)17-20-8-3-5-10-23(20)29-26/h3-16,26,29H,17H2,1-2H3,(H,30,33). The highest BCUT2D eigenvalue weighted by molar-refractivity contribution is 6.07. The summed E-state index contributed by atoms with van der Waals surface area (Å²) in [5, 5.41) is 6.38. The van der Waals surface area contributed by atoms with Crippen LogP contribution in [0, 0.1) is 6.92 Å². The Hall–Kier alpha value is -4.32. The number of nitrogens with one attached hydrogen (secondary N) is 2. The minimum absolute atomic E-state index is 0.0256. The number of fused-ring (bicyclic) bond motifs is 2. The summed E-state index contributed by atoms with van der Waals surface area (Å²) in [4.78, 5) is 26.4. The normalized spacial score (nSPS) is 14.2. The van der Waals surface area contributed by atoms with Gasteiger partial charge in [0, 0.05) is 35.4 Å². The molecule has 34 heavy (non-hydrogen) atoms. The van der Waals surface area contributed by atoms with Gasteiger partial charge in [0.05, 0.1) is 12.7 Å². The van der Waals surface area contributed by atoms with Gasteiger partial charge in [0.15, 0.2) is 5.78 Å². The molecule has 170 valence electrons. The first kappa shape index (κ1) is 21.5. The second kappa shape index (κ2) is 8.90. The number of carbonyl (C=O) groups excluding carboxylic acids is 2. The fourth-order valence-electron chi connectivity index (χ4n) is 4.39. The lowest BCUT2D eigenvalue weighted by Gasteiger charge is -2.19. The molecular formula is C28H25N3O3. The second-order valence-corrected chi connectivity index (χ2v) is 8.34. The van der Waals surface area contributed by atoms with Gasteiger partial charge in [-0.15, -0.1) is 0 Å². The van der Waals surface area contributed by atoms with Gasteiger partial charge in [-0.05, 0) is 66.6 Å². The van der Waals surface area contributed by atoms with Crippen LogP contribution in [0.25, 0.3) is 0 Å². The Bertz CT molecular complexity index is 1390. The second-order valence-electron chi connectivity index (χ2n) is 8.34. The van der Waals surface area contributed by atoms with Gasteiger partial charge in [-0.1, -0.05) is 30.3 Å². The number of benzene rings is 3. The Kier molecular flexibility index (Phi) is 5.64. The third kappa shape index (κ3) is 3.94. The lowest BCUT2D eigenvalue weighted by Crippen LogP contribution is -2.22. The molecule has 1 unspecified atom stereocenters. The van der Waals surface area contributed by atoms with Gasteiger partial charge >= 0.3 is 0 Å². The Morgan fingerprint density at radius 2 is 1.79 bits per heavy atom. The van der Waals surface area contributed by atoms with Crippen molar-refractivity contribution in [3.05, 3.63) is 113 Å². The third-order valence-corrected chi connectivity index (χ3v) is 6.19. The van der Waals surface area contributed by atoms with Crippen LogP contribution in [0.4, 0.5) is 11.4 Å². The molecule has 0 aliphatic carbocycles. The molecule has 1 aliphatic heterocycles. The highest BCUT2D eigenvalue weighted by Gasteiger charge is 2.28. The molecule has 1 aliphatic rings. The number of Topliss-reactive ketones (excluding diaryl/α,β-unsaturated/α-hetero) is 1. The average molecular weight is 452 g/mol. The van der Waals surface area contributed by atoms with Gasteiger partial charge in [0.1, 0.15) is 11.8 Å². The summed E-state index contributed by atoms with van der Waals surface area (Å²) in [6.45, 7) is 2.59. The maximum Gasteiger partial charge on any atom is 0.259 e. The summed E-state index contributed by atoms with van der Waals surface area (Å²) in [7, 11) is 1.54. The van der Waals surface area contributed by atoms with E-state index in [1.807, 2.05) is 55.6 Å². The van der Waals surface area contributed by atoms with Crippen molar-refractivity contribution in [1.29, 1.82) is 0 Å². The van der Waals surface area contributed by atoms with Crippen molar-refractivity contribution in [1.82, 2.24) is 4.57 Å². The third-order valence-electron chi connectivity index (χ3n) is 6.19. The molecule has 2 heterocycles. The quantitative estimate of drug-likeness (QED) is 0.396. The smallest absolute Gasteiger partial charge is 0.259 e. The molecule has 0 saturated heterocycles. The molecule has 2 N–H and O–H groups in total. The van der Waals surface area contributed by atoms with Crippen LogP contribution in [0.1, 0.15) is 43.6 Å². The molecular weight excluding hydrogens is 426 g/mol. The predicted molar refractivity (Wildman–Crippen MR) is 133 cm³/mol. The van der Waals surface area contributed by atoms with E-state index in [0.29, 0.717) is 29.1 Å². The number of aromatic nitrogens is 1. The lowest BCUT2D eigenvalue weighted by atomic mass is 9.98. The van der Waals surface area contributed by atoms with Crippen LogP contribution >= 0.6 is 0 Å². The van der Waals surface area contributed by atoms with E-state index in [0.717, 1.165) is 22.5 Å². The minimum Gasteiger partial charge on any atom is -0.496 e. The first-order valence-electron chi connectivity index (χ1n) is 11.1. The van der Waals surface area contributed by atoms with Crippen molar-refractivity contribution in [3.8, 4) is 5.75 Å². The summed E-state index contributed by atoms with van der Waals surface area (Å²) in [5.41, 5.74) is 5.51. The van der Waals surface area contributed by atoms with Crippen LogP contribution < -0.4 is 15.4 Å². The number of hydrogen-bond acceptors (Lipinski definition) is 4. The van der Waals surface area contributed by atoms with Gasteiger partial charge in [-0.2, -0.15) is 0 Å². The number of para-hydroxylation sites is 2. The Morgan fingerprint density at radius 1 is 1.00 bits per heavy atom. The molecule has 0 fully saturated rings. The van der Waals surface area contributed by atoms with Crippen LogP contribution in [-0.4, -0.2) is 23.4 Å². The summed E-state index contributed by atoms with van der Waals surface area (Å²) in [5.74, 6) is 0.217. The zero-order chi connectivity index (χ0) is 23.7. The number of nitrogens with zero attached hydrogens (tertiary/aromatic N) is 1. The van der Waals surface area contributed by atoms with Crippen molar-refractivity contribution in [3.63, 3.8) is 0 Å². The number of hydrogen-bond donors (Lipinski definition) is 2. The molecule has 0 bridgehead atoms. The van der Waals surface area contributed by atoms with Crippen molar-refractivity contribution in [2.45, 2.75) is 19.5 Å². The van der Waals surface area contributed by atoms with E-state index < -0.39 is 6.04 Å². The number of aryl methyl sites for hydroxylation is 1. The maximum absolute atomic E-state index is 13.6. The number of anilines is 2. The van der Waals surface area contributed by atoms with Gasteiger partial charge in [0.25, 0.3) is 5.91 Å². The monoisotopic (exact) mass is 451 g/mol. The fourth-order valence-corrected chi connectivity index (χ4v) is 4.39. The molecule has 1 amide bonds. The van der Waals surface area contributed by atoms with Crippen LogP contribution in [0.5, 0.6) is 5.75 Å². The molecule has 5 rings (SSSR count). The van der Waals surface area contributed by atoms with Gasteiger partial charge in [0.2, 0.25) is 0 Å². The van der Waals surface area contributed by atoms with E-state index in [4.69, 9.17) is 4.74 Å². The molecule has 3 aromatic carbocycles. The van der Waals surface area contributed by atoms with Crippen molar-refractivity contribution in [2.24, 2.45) is 0 Å². The average Bonchev–Trinajstić information content (AvgIpc) is 3.25. The van der Waals surface area contributed by atoms with E-state index in [2.05, 4.69) is 21.3 Å². The summed E-state index contributed by atoms with van der Waals surface area (Å²) in [6.07, 6.45) is 2.00. The number of ether oxygens (including phenoxy) is 1. The molecule has 4 aromatic rings. The highest BCUT2D eigenvalue weighted by Crippen LogP contribution is 2.32. The first-order chi connectivity index (χ1) is 16.5. The molecule has 1 aromatic heterocycles. The zero-order valence-corrected chi connectivity index (χ0v) is 19.0. The van der Waals surface area contributed by atoms with Gasteiger partial charge in [-0.25, -0.2) is 0 Å². The number of ketones is 1. The SMILES string of the molecule is COc1ccccc1C(=O)Nc1ccc(C(=O)C2Nc3ccccc3Cn3cccc32)cc1C. The van der Waals surface area contributed by atoms with Gasteiger partial charge < -0.3 is 19.9 Å². The van der Waals surface area contributed by atoms with Crippen LogP contribution in [0.2, 0.25) is 0 Å². The summed E-state index contributed by atoms with van der Waals surface area (Å²) >= 11 is 0. The van der Waals surface area contributed by atoms with E-state index in [-0.39, 0.29) is 11.7 Å². The fraction of sp³-hybridized carbons (Fsp3) is 0.143. The Labute approximate surface area is 198 Å². The first-order valence-corrected chi connectivity index (χ1v) is 11.1. The van der Waals surface area contributed by atoms with Crippen LogP contribution in [0.3, 0.4) is 0 Å². The topological polar surface area (TPSA) is 72.4 Å². The Balaban J connectivity index is 1.41. The number of rotatable bonds is 5. The van der Waals surface area contributed by atoms with Crippen molar-refractivity contribution >= 4 is 23.1 Å². The Morgan fingerprint density at radius 3 is 2.62 bits per heavy atom. The maximum atomic E-state index is 13.6. The molecule has 1 atom stereocenters. The number of amides is 1. The van der Waals surface area contributed by atoms with Crippen LogP contribution in [-0.2, 0) is 6.54 Å². The summed E-state index contributed by atoms with van der Waals surface area (Å²) in [6, 6.07) is 23.9.